The van der Waals surface area contributed by atoms with Gasteiger partial charge in [-0.15, -0.1) is 11.6 Å². The summed E-state index contributed by atoms with van der Waals surface area (Å²) in [6, 6.07) is 0. The highest BCUT2D eigenvalue weighted by Crippen LogP contribution is 2.17. The van der Waals surface area contributed by atoms with Crippen molar-refractivity contribution in [2.45, 2.75) is 25.0 Å². The average molecular weight is 165 g/mol. The van der Waals surface area contributed by atoms with E-state index in [1.54, 1.807) is 7.11 Å². The standard InChI is InChI=1S/C7H13ClO2/c1-9-6-3-2-4-10-7(6)5-8/h6-7H,2-5H2,1H3/t6-,7-/m1/s1. The third-order valence-corrected chi connectivity index (χ3v) is 2.14. The fraction of sp³-hybridized carbons (Fsp3) is 1.00. The number of ether oxygens (including phenoxy) is 2. The molecule has 0 aliphatic carbocycles. The van der Waals surface area contributed by atoms with E-state index in [0.29, 0.717) is 5.88 Å². The van der Waals surface area contributed by atoms with Gasteiger partial charge in [-0.25, -0.2) is 0 Å². The molecule has 0 radical (unpaired) electrons. The summed E-state index contributed by atoms with van der Waals surface area (Å²) in [5.41, 5.74) is 0. The minimum Gasteiger partial charge on any atom is -0.379 e. The summed E-state index contributed by atoms with van der Waals surface area (Å²) in [4.78, 5) is 0. The van der Waals surface area contributed by atoms with Crippen LogP contribution < -0.4 is 0 Å². The van der Waals surface area contributed by atoms with Gasteiger partial charge in [0, 0.05) is 13.7 Å². The normalized spacial score (nSPS) is 34.2. The molecule has 1 saturated heterocycles. The number of hydrogen-bond acceptors (Lipinski definition) is 2. The highest BCUT2D eigenvalue weighted by molar-refractivity contribution is 6.18. The predicted molar refractivity (Wildman–Crippen MR) is 40.5 cm³/mol. The Bertz CT molecular complexity index is 85.6. The van der Waals surface area contributed by atoms with E-state index in [4.69, 9.17) is 21.1 Å². The SMILES string of the molecule is CO[C@@H]1CCCO[C@@H]1CCl. The number of rotatable bonds is 2. The van der Waals surface area contributed by atoms with E-state index in [1.807, 2.05) is 0 Å². The molecule has 0 bridgehead atoms. The number of halogens is 1. The van der Waals surface area contributed by atoms with Crippen molar-refractivity contribution in [3.63, 3.8) is 0 Å². The Morgan fingerprint density at radius 2 is 2.50 bits per heavy atom. The number of methoxy groups -OCH3 is 1. The second-order valence-corrected chi connectivity index (χ2v) is 2.79. The molecular weight excluding hydrogens is 152 g/mol. The molecule has 2 atom stereocenters. The van der Waals surface area contributed by atoms with Crippen molar-refractivity contribution in [1.29, 1.82) is 0 Å². The van der Waals surface area contributed by atoms with Crippen molar-refractivity contribution < 1.29 is 9.47 Å². The summed E-state index contributed by atoms with van der Waals surface area (Å²) < 4.78 is 10.6. The molecule has 0 spiro atoms. The minimum absolute atomic E-state index is 0.111. The Kier molecular flexibility index (Phi) is 3.46. The molecule has 60 valence electrons. The second kappa shape index (κ2) is 4.16. The van der Waals surface area contributed by atoms with E-state index in [2.05, 4.69) is 0 Å². The molecule has 0 aromatic rings. The van der Waals surface area contributed by atoms with Crippen LogP contribution in [0, 0.1) is 0 Å². The molecule has 1 rings (SSSR count). The Balaban J connectivity index is 2.34. The molecule has 2 nitrogen and oxygen atoms in total. The molecule has 1 heterocycles. The lowest BCUT2D eigenvalue weighted by Gasteiger charge is -2.28. The molecule has 0 amide bonds. The maximum absolute atomic E-state index is 5.65. The van der Waals surface area contributed by atoms with Crippen molar-refractivity contribution in [3.8, 4) is 0 Å². The van der Waals surface area contributed by atoms with E-state index in [1.165, 1.54) is 0 Å². The van der Waals surface area contributed by atoms with Gasteiger partial charge in [-0.3, -0.25) is 0 Å². The molecule has 1 fully saturated rings. The smallest absolute Gasteiger partial charge is 0.0971 e. The largest absolute Gasteiger partial charge is 0.379 e. The lowest BCUT2D eigenvalue weighted by molar-refractivity contribution is -0.0795. The van der Waals surface area contributed by atoms with E-state index in [0.717, 1.165) is 19.4 Å². The van der Waals surface area contributed by atoms with Crippen LogP contribution in [0.25, 0.3) is 0 Å². The molecule has 10 heavy (non-hydrogen) atoms. The second-order valence-electron chi connectivity index (χ2n) is 2.48. The minimum atomic E-state index is 0.111. The van der Waals surface area contributed by atoms with Gasteiger partial charge in [0.05, 0.1) is 18.1 Å². The molecule has 0 N–H and O–H groups in total. The van der Waals surface area contributed by atoms with Crippen LogP contribution in [0.2, 0.25) is 0 Å². The average Bonchev–Trinajstić information content (AvgIpc) is 2.04. The van der Waals surface area contributed by atoms with E-state index in [9.17, 15) is 0 Å². The first-order valence-corrected chi connectivity index (χ1v) is 4.12. The summed E-state index contributed by atoms with van der Waals surface area (Å²) in [6.07, 6.45) is 2.49. The van der Waals surface area contributed by atoms with Crippen LogP contribution in [-0.4, -0.2) is 31.8 Å². The van der Waals surface area contributed by atoms with Gasteiger partial charge in [0.1, 0.15) is 0 Å². The van der Waals surface area contributed by atoms with Crippen LogP contribution in [0.3, 0.4) is 0 Å². The Morgan fingerprint density at radius 1 is 1.70 bits per heavy atom. The molecular formula is C7H13ClO2. The first-order valence-electron chi connectivity index (χ1n) is 3.59. The van der Waals surface area contributed by atoms with Gasteiger partial charge in [0.25, 0.3) is 0 Å². The molecule has 1 aliphatic heterocycles. The lowest BCUT2D eigenvalue weighted by atomic mass is 10.1. The Hall–Kier alpha value is 0.210. The quantitative estimate of drug-likeness (QED) is 0.575. The van der Waals surface area contributed by atoms with E-state index < -0.39 is 0 Å². The van der Waals surface area contributed by atoms with Crippen molar-refractivity contribution >= 4 is 11.6 Å². The first kappa shape index (κ1) is 8.31. The topological polar surface area (TPSA) is 18.5 Å². The monoisotopic (exact) mass is 164 g/mol. The van der Waals surface area contributed by atoms with Gasteiger partial charge < -0.3 is 9.47 Å². The summed E-state index contributed by atoms with van der Waals surface area (Å²) in [6.45, 7) is 0.831. The highest BCUT2D eigenvalue weighted by Gasteiger charge is 2.24. The maximum atomic E-state index is 5.65. The van der Waals surface area contributed by atoms with Crippen LogP contribution in [0.15, 0.2) is 0 Å². The fourth-order valence-corrected chi connectivity index (χ4v) is 1.51. The molecule has 0 aromatic heterocycles. The van der Waals surface area contributed by atoms with Gasteiger partial charge in [-0.1, -0.05) is 0 Å². The van der Waals surface area contributed by atoms with Crippen molar-refractivity contribution in [1.82, 2.24) is 0 Å². The zero-order valence-electron chi connectivity index (χ0n) is 6.18. The van der Waals surface area contributed by atoms with E-state index in [-0.39, 0.29) is 12.2 Å². The molecule has 0 saturated carbocycles. The van der Waals surface area contributed by atoms with E-state index >= 15 is 0 Å². The predicted octanol–water partition coefficient (Wildman–Crippen LogP) is 1.42. The summed E-state index contributed by atoms with van der Waals surface area (Å²) in [7, 11) is 1.71. The van der Waals surface area contributed by atoms with Crippen molar-refractivity contribution in [3.05, 3.63) is 0 Å². The summed E-state index contributed by atoms with van der Waals surface area (Å²) in [5.74, 6) is 0.540. The molecule has 1 aliphatic rings. The third kappa shape index (κ3) is 1.84. The van der Waals surface area contributed by atoms with Gasteiger partial charge in [0.2, 0.25) is 0 Å². The zero-order valence-corrected chi connectivity index (χ0v) is 6.93. The molecule has 0 aromatic carbocycles. The van der Waals surface area contributed by atoms with Crippen LogP contribution >= 0.6 is 11.6 Å². The van der Waals surface area contributed by atoms with Gasteiger partial charge in [-0.2, -0.15) is 0 Å². The van der Waals surface area contributed by atoms with Gasteiger partial charge >= 0.3 is 0 Å². The maximum Gasteiger partial charge on any atom is 0.0971 e. The number of hydrogen-bond donors (Lipinski definition) is 0. The number of alkyl halides is 1. The Labute approximate surface area is 66.5 Å². The third-order valence-electron chi connectivity index (χ3n) is 1.83. The van der Waals surface area contributed by atoms with Crippen molar-refractivity contribution in [2.24, 2.45) is 0 Å². The highest BCUT2D eigenvalue weighted by atomic mass is 35.5. The lowest BCUT2D eigenvalue weighted by Crippen LogP contribution is -2.36. The Morgan fingerprint density at radius 3 is 3.00 bits per heavy atom. The van der Waals surface area contributed by atoms with Crippen LogP contribution in [0.1, 0.15) is 12.8 Å². The fourth-order valence-electron chi connectivity index (χ4n) is 1.23. The van der Waals surface area contributed by atoms with Gasteiger partial charge in [-0.05, 0) is 12.8 Å². The first-order chi connectivity index (χ1) is 4.88. The zero-order chi connectivity index (χ0) is 7.40. The summed E-state index contributed by atoms with van der Waals surface area (Å²) in [5, 5.41) is 0. The van der Waals surface area contributed by atoms with Gasteiger partial charge in [0.15, 0.2) is 0 Å². The van der Waals surface area contributed by atoms with Crippen LogP contribution in [0.5, 0.6) is 0 Å². The van der Waals surface area contributed by atoms with Crippen molar-refractivity contribution in [2.75, 3.05) is 19.6 Å². The van der Waals surface area contributed by atoms with Crippen LogP contribution in [-0.2, 0) is 9.47 Å². The molecule has 3 heteroatoms. The summed E-state index contributed by atoms with van der Waals surface area (Å²) >= 11 is 5.65. The molecule has 0 unspecified atom stereocenters. The van der Waals surface area contributed by atoms with Crippen LogP contribution in [0.4, 0.5) is 0 Å².